The van der Waals surface area contributed by atoms with Gasteiger partial charge in [-0.15, -0.1) is 0 Å². The first-order valence-electron chi connectivity index (χ1n) is 5.96. The standard InChI is InChI=1S/C12H23N3/c1-14(2)8-3-9-15-10-5-12(4-7-13)6-11-15/h12H,3-6,8-11H2,1-2H3. The van der Waals surface area contributed by atoms with Crippen LogP contribution < -0.4 is 0 Å². The minimum absolute atomic E-state index is 0.667. The minimum Gasteiger partial charge on any atom is -0.309 e. The van der Waals surface area contributed by atoms with Crippen molar-refractivity contribution in [2.24, 2.45) is 5.92 Å². The number of hydrogen-bond acceptors (Lipinski definition) is 3. The molecule has 1 saturated heterocycles. The summed E-state index contributed by atoms with van der Waals surface area (Å²) in [7, 11) is 4.25. The van der Waals surface area contributed by atoms with E-state index >= 15 is 0 Å². The zero-order valence-corrected chi connectivity index (χ0v) is 10.1. The summed E-state index contributed by atoms with van der Waals surface area (Å²) in [4.78, 5) is 4.78. The summed E-state index contributed by atoms with van der Waals surface area (Å²) >= 11 is 0. The van der Waals surface area contributed by atoms with Crippen LogP contribution in [-0.4, -0.2) is 50.1 Å². The molecular formula is C12H23N3. The van der Waals surface area contributed by atoms with Crippen LogP contribution in [0.3, 0.4) is 0 Å². The van der Waals surface area contributed by atoms with E-state index in [0.717, 1.165) is 6.42 Å². The number of nitriles is 1. The van der Waals surface area contributed by atoms with Crippen molar-refractivity contribution in [3.63, 3.8) is 0 Å². The van der Waals surface area contributed by atoms with Crippen LogP contribution in [-0.2, 0) is 0 Å². The fourth-order valence-electron chi connectivity index (χ4n) is 2.15. The summed E-state index contributed by atoms with van der Waals surface area (Å²) in [5.74, 6) is 0.667. The number of likely N-dealkylation sites (tertiary alicyclic amines) is 1. The highest BCUT2D eigenvalue weighted by atomic mass is 15.1. The molecule has 0 unspecified atom stereocenters. The molecule has 1 fully saturated rings. The second-order valence-corrected chi connectivity index (χ2v) is 4.80. The van der Waals surface area contributed by atoms with Gasteiger partial charge >= 0.3 is 0 Å². The van der Waals surface area contributed by atoms with Gasteiger partial charge in [-0.3, -0.25) is 0 Å². The van der Waals surface area contributed by atoms with Crippen LogP contribution in [0.1, 0.15) is 25.7 Å². The van der Waals surface area contributed by atoms with Crippen molar-refractivity contribution in [3.8, 4) is 6.07 Å². The quantitative estimate of drug-likeness (QED) is 0.688. The first-order chi connectivity index (χ1) is 7.22. The Morgan fingerprint density at radius 3 is 2.53 bits per heavy atom. The molecule has 3 nitrogen and oxygen atoms in total. The molecule has 0 N–H and O–H groups in total. The smallest absolute Gasteiger partial charge is 0.0624 e. The van der Waals surface area contributed by atoms with Crippen molar-refractivity contribution < 1.29 is 0 Å². The van der Waals surface area contributed by atoms with Gasteiger partial charge in [0.05, 0.1) is 6.07 Å². The van der Waals surface area contributed by atoms with Gasteiger partial charge in [-0.2, -0.15) is 5.26 Å². The van der Waals surface area contributed by atoms with E-state index in [-0.39, 0.29) is 0 Å². The minimum atomic E-state index is 0.667. The predicted molar refractivity (Wildman–Crippen MR) is 62.6 cm³/mol. The largest absolute Gasteiger partial charge is 0.309 e. The molecule has 86 valence electrons. The Morgan fingerprint density at radius 2 is 2.00 bits per heavy atom. The normalized spacial score (nSPS) is 19.3. The molecule has 1 aliphatic heterocycles. The maximum atomic E-state index is 8.62. The lowest BCUT2D eigenvalue weighted by Gasteiger charge is -2.31. The highest BCUT2D eigenvalue weighted by molar-refractivity contribution is 4.80. The zero-order valence-electron chi connectivity index (χ0n) is 10.1. The van der Waals surface area contributed by atoms with Crippen LogP contribution in [0.2, 0.25) is 0 Å². The topological polar surface area (TPSA) is 30.3 Å². The van der Waals surface area contributed by atoms with E-state index in [4.69, 9.17) is 5.26 Å². The van der Waals surface area contributed by atoms with Gasteiger partial charge in [-0.05, 0) is 65.5 Å². The third-order valence-corrected chi connectivity index (χ3v) is 3.17. The van der Waals surface area contributed by atoms with Crippen LogP contribution in [0, 0.1) is 17.2 Å². The van der Waals surface area contributed by atoms with Gasteiger partial charge in [0, 0.05) is 6.42 Å². The Morgan fingerprint density at radius 1 is 1.33 bits per heavy atom. The Bertz CT molecular complexity index is 199. The molecule has 1 aliphatic rings. The average Bonchev–Trinajstić information content (AvgIpc) is 2.20. The van der Waals surface area contributed by atoms with E-state index in [0.29, 0.717) is 5.92 Å². The molecular weight excluding hydrogens is 186 g/mol. The van der Waals surface area contributed by atoms with Crippen LogP contribution in [0.25, 0.3) is 0 Å². The molecule has 1 heterocycles. The highest BCUT2D eigenvalue weighted by Crippen LogP contribution is 2.19. The van der Waals surface area contributed by atoms with Gasteiger partial charge in [-0.25, -0.2) is 0 Å². The maximum Gasteiger partial charge on any atom is 0.0624 e. The van der Waals surface area contributed by atoms with Crippen molar-refractivity contribution in [2.45, 2.75) is 25.7 Å². The molecule has 0 aromatic carbocycles. The Kier molecular flexibility index (Phi) is 5.67. The summed E-state index contributed by atoms with van der Waals surface area (Å²) in [5.41, 5.74) is 0. The molecule has 0 radical (unpaired) electrons. The summed E-state index contributed by atoms with van der Waals surface area (Å²) in [5, 5.41) is 8.62. The zero-order chi connectivity index (χ0) is 11.1. The molecule has 0 aromatic rings. The number of nitrogens with zero attached hydrogens (tertiary/aromatic N) is 3. The fraction of sp³-hybridized carbons (Fsp3) is 0.917. The maximum absolute atomic E-state index is 8.62. The lowest BCUT2D eigenvalue weighted by molar-refractivity contribution is 0.179. The predicted octanol–water partition coefficient (Wildman–Crippen LogP) is 1.56. The van der Waals surface area contributed by atoms with Gasteiger partial charge < -0.3 is 9.80 Å². The Hall–Kier alpha value is -0.590. The molecule has 0 bridgehead atoms. The van der Waals surface area contributed by atoms with E-state index < -0.39 is 0 Å². The number of hydrogen-bond donors (Lipinski definition) is 0. The molecule has 3 heteroatoms. The Balaban J connectivity index is 2.07. The van der Waals surface area contributed by atoms with Crippen LogP contribution in [0.5, 0.6) is 0 Å². The number of piperidine rings is 1. The van der Waals surface area contributed by atoms with E-state index in [1.54, 1.807) is 0 Å². The average molecular weight is 209 g/mol. The van der Waals surface area contributed by atoms with Crippen LogP contribution in [0.4, 0.5) is 0 Å². The molecule has 0 saturated carbocycles. The number of rotatable bonds is 5. The van der Waals surface area contributed by atoms with Gasteiger partial charge in [0.25, 0.3) is 0 Å². The van der Waals surface area contributed by atoms with Crippen LogP contribution >= 0.6 is 0 Å². The highest BCUT2D eigenvalue weighted by Gasteiger charge is 2.18. The first-order valence-corrected chi connectivity index (χ1v) is 5.96. The van der Waals surface area contributed by atoms with Crippen LogP contribution in [0.15, 0.2) is 0 Å². The molecule has 0 amide bonds. The van der Waals surface area contributed by atoms with Gasteiger partial charge in [0.15, 0.2) is 0 Å². The van der Waals surface area contributed by atoms with Crippen molar-refractivity contribution in [1.29, 1.82) is 5.26 Å². The van der Waals surface area contributed by atoms with E-state index in [1.165, 1.54) is 45.4 Å². The molecule has 1 rings (SSSR count). The fourth-order valence-corrected chi connectivity index (χ4v) is 2.15. The second kappa shape index (κ2) is 6.81. The molecule has 0 atom stereocenters. The monoisotopic (exact) mass is 209 g/mol. The lowest BCUT2D eigenvalue weighted by Crippen LogP contribution is -2.35. The summed E-state index contributed by atoms with van der Waals surface area (Å²) < 4.78 is 0. The molecule has 0 aliphatic carbocycles. The SMILES string of the molecule is CN(C)CCCN1CCC(CC#N)CC1. The van der Waals surface area contributed by atoms with Crippen molar-refractivity contribution in [2.75, 3.05) is 40.3 Å². The molecule has 0 spiro atoms. The van der Waals surface area contributed by atoms with E-state index in [9.17, 15) is 0 Å². The van der Waals surface area contributed by atoms with E-state index in [2.05, 4.69) is 30.0 Å². The molecule has 15 heavy (non-hydrogen) atoms. The third-order valence-electron chi connectivity index (χ3n) is 3.17. The first kappa shape index (κ1) is 12.5. The summed E-state index contributed by atoms with van der Waals surface area (Å²) in [6.07, 6.45) is 4.45. The van der Waals surface area contributed by atoms with Gasteiger partial charge in [-0.1, -0.05) is 0 Å². The van der Waals surface area contributed by atoms with Gasteiger partial charge in [0.1, 0.15) is 0 Å². The molecule has 0 aromatic heterocycles. The van der Waals surface area contributed by atoms with Gasteiger partial charge in [0.2, 0.25) is 0 Å². The second-order valence-electron chi connectivity index (χ2n) is 4.80. The van der Waals surface area contributed by atoms with Crippen molar-refractivity contribution >= 4 is 0 Å². The van der Waals surface area contributed by atoms with Crippen molar-refractivity contribution in [3.05, 3.63) is 0 Å². The lowest BCUT2D eigenvalue weighted by atomic mass is 9.94. The third kappa shape index (κ3) is 5.15. The summed E-state index contributed by atoms with van der Waals surface area (Å²) in [6, 6.07) is 2.29. The van der Waals surface area contributed by atoms with Crippen molar-refractivity contribution in [1.82, 2.24) is 9.80 Å². The van der Waals surface area contributed by atoms with E-state index in [1.807, 2.05) is 0 Å². The Labute approximate surface area is 93.7 Å². The summed E-state index contributed by atoms with van der Waals surface area (Å²) in [6.45, 7) is 4.79.